The van der Waals surface area contributed by atoms with Gasteiger partial charge in [0.25, 0.3) is 0 Å². The zero-order valence-corrected chi connectivity index (χ0v) is 16.4. The van der Waals surface area contributed by atoms with E-state index >= 15 is 0 Å². The molecule has 0 aliphatic carbocycles. The molecule has 0 spiro atoms. The maximum Gasteiger partial charge on any atom is 0.224 e. The highest BCUT2D eigenvalue weighted by Crippen LogP contribution is 2.21. The maximum absolute atomic E-state index is 12.5. The second kappa shape index (κ2) is 9.57. The molecule has 0 aromatic heterocycles. The summed E-state index contributed by atoms with van der Waals surface area (Å²) in [6.45, 7) is 12.4. The van der Waals surface area contributed by atoms with Crippen molar-refractivity contribution in [2.24, 2.45) is 0 Å². The standard InChI is InChI=1S/C20H31N3O3/c1-5-21-12-14-22(15-13-21)20(25)10-11-23(17(4)24)18-6-8-19(9-7-18)26-16(2)3/h6-9,16H,5,10-15H2,1-4H3. The van der Waals surface area contributed by atoms with Crippen molar-refractivity contribution in [2.45, 2.75) is 40.2 Å². The fourth-order valence-corrected chi connectivity index (χ4v) is 3.12. The predicted octanol–water partition coefficient (Wildman–Crippen LogP) is 2.38. The maximum atomic E-state index is 12.5. The van der Waals surface area contributed by atoms with E-state index in [0.717, 1.165) is 44.2 Å². The molecule has 1 fully saturated rings. The minimum absolute atomic E-state index is 0.0638. The third-order valence-electron chi connectivity index (χ3n) is 4.62. The summed E-state index contributed by atoms with van der Waals surface area (Å²) in [7, 11) is 0. The van der Waals surface area contributed by atoms with Gasteiger partial charge >= 0.3 is 0 Å². The van der Waals surface area contributed by atoms with Gasteiger partial charge in [0, 0.05) is 51.8 Å². The number of likely N-dealkylation sites (N-methyl/N-ethyl adjacent to an activating group) is 1. The molecule has 1 aliphatic rings. The van der Waals surface area contributed by atoms with Crippen LogP contribution in [-0.2, 0) is 9.59 Å². The minimum Gasteiger partial charge on any atom is -0.491 e. The average Bonchev–Trinajstić information content (AvgIpc) is 2.62. The molecular formula is C20H31N3O3. The Labute approximate surface area is 156 Å². The third-order valence-corrected chi connectivity index (χ3v) is 4.62. The Kier molecular flexibility index (Phi) is 7.45. The van der Waals surface area contributed by atoms with Gasteiger partial charge in [-0.05, 0) is 44.7 Å². The van der Waals surface area contributed by atoms with Crippen LogP contribution >= 0.6 is 0 Å². The van der Waals surface area contributed by atoms with Crippen LogP contribution in [-0.4, -0.2) is 67.0 Å². The monoisotopic (exact) mass is 361 g/mol. The molecular weight excluding hydrogens is 330 g/mol. The Balaban J connectivity index is 1.92. The number of ether oxygens (including phenoxy) is 1. The SMILES string of the molecule is CCN1CCN(C(=O)CCN(C(C)=O)c2ccc(OC(C)C)cc2)CC1. The number of benzene rings is 1. The molecule has 144 valence electrons. The molecule has 0 unspecified atom stereocenters. The smallest absolute Gasteiger partial charge is 0.224 e. The molecule has 1 aromatic rings. The number of amides is 2. The lowest BCUT2D eigenvalue weighted by Crippen LogP contribution is -2.49. The third kappa shape index (κ3) is 5.73. The van der Waals surface area contributed by atoms with E-state index in [1.165, 1.54) is 6.92 Å². The van der Waals surface area contributed by atoms with E-state index in [4.69, 9.17) is 4.74 Å². The molecule has 2 amide bonds. The first-order valence-electron chi connectivity index (χ1n) is 9.45. The largest absolute Gasteiger partial charge is 0.491 e. The summed E-state index contributed by atoms with van der Waals surface area (Å²) in [5, 5.41) is 0. The lowest BCUT2D eigenvalue weighted by molar-refractivity contribution is -0.132. The van der Waals surface area contributed by atoms with Crippen LogP contribution in [0.4, 0.5) is 5.69 Å². The van der Waals surface area contributed by atoms with E-state index in [2.05, 4.69) is 11.8 Å². The van der Waals surface area contributed by atoms with Gasteiger partial charge in [-0.25, -0.2) is 0 Å². The van der Waals surface area contributed by atoms with E-state index in [-0.39, 0.29) is 17.9 Å². The molecule has 1 aliphatic heterocycles. The van der Waals surface area contributed by atoms with Gasteiger partial charge in [-0.3, -0.25) is 9.59 Å². The second-order valence-electron chi connectivity index (χ2n) is 6.90. The van der Waals surface area contributed by atoms with Crippen molar-refractivity contribution in [2.75, 3.05) is 44.2 Å². The highest BCUT2D eigenvalue weighted by Gasteiger charge is 2.21. The summed E-state index contributed by atoms with van der Waals surface area (Å²) in [6.07, 6.45) is 0.450. The molecule has 6 nitrogen and oxygen atoms in total. The Bertz CT molecular complexity index is 593. The zero-order valence-electron chi connectivity index (χ0n) is 16.4. The van der Waals surface area contributed by atoms with Crippen molar-refractivity contribution in [1.29, 1.82) is 0 Å². The molecule has 1 saturated heterocycles. The van der Waals surface area contributed by atoms with E-state index in [1.54, 1.807) is 4.90 Å². The lowest BCUT2D eigenvalue weighted by Gasteiger charge is -2.34. The molecule has 0 radical (unpaired) electrons. The summed E-state index contributed by atoms with van der Waals surface area (Å²) < 4.78 is 5.64. The van der Waals surface area contributed by atoms with Gasteiger partial charge in [0.15, 0.2) is 0 Å². The number of carbonyl (C=O) groups excluding carboxylic acids is 2. The first-order chi connectivity index (χ1) is 12.4. The van der Waals surface area contributed by atoms with Crippen LogP contribution in [0.2, 0.25) is 0 Å². The molecule has 0 bridgehead atoms. The van der Waals surface area contributed by atoms with Gasteiger partial charge in [-0.15, -0.1) is 0 Å². The number of carbonyl (C=O) groups is 2. The second-order valence-corrected chi connectivity index (χ2v) is 6.90. The van der Waals surface area contributed by atoms with Crippen molar-refractivity contribution >= 4 is 17.5 Å². The molecule has 0 saturated carbocycles. The van der Waals surface area contributed by atoms with Crippen LogP contribution in [0.25, 0.3) is 0 Å². The molecule has 2 rings (SSSR count). The van der Waals surface area contributed by atoms with Crippen molar-refractivity contribution in [3.63, 3.8) is 0 Å². The molecule has 0 N–H and O–H groups in total. The summed E-state index contributed by atoms with van der Waals surface area (Å²) >= 11 is 0. The number of piperazine rings is 1. The van der Waals surface area contributed by atoms with Crippen LogP contribution in [0.5, 0.6) is 5.75 Å². The van der Waals surface area contributed by atoms with Crippen LogP contribution < -0.4 is 9.64 Å². The van der Waals surface area contributed by atoms with Crippen molar-refractivity contribution in [3.8, 4) is 5.75 Å². The summed E-state index contributed by atoms with van der Waals surface area (Å²) in [6, 6.07) is 7.45. The van der Waals surface area contributed by atoms with Gasteiger partial charge in [0.2, 0.25) is 11.8 Å². The van der Waals surface area contributed by atoms with Crippen molar-refractivity contribution < 1.29 is 14.3 Å². The van der Waals surface area contributed by atoms with Crippen LogP contribution in [0, 0.1) is 0 Å². The first kappa shape index (κ1) is 20.2. The summed E-state index contributed by atoms with van der Waals surface area (Å²) in [5.74, 6) is 0.829. The highest BCUT2D eigenvalue weighted by molar-refractivity contribution is 5.92. The first-order valence-corrected chi connectivity index (χ1v) is 9.45. The van der Waals surface area contributed by atoms with Gasteiger partial charge < -0.3 is 19.4 Å². The predicted molar refractivity (Wildman–Crippen MR) is 104 cm³/mol. The zero-order chi connectivity index (χ0) is 19.1. The van der Waals surface area contributed by atoms with E-state index in [1.807, 2.05) is 43.0 Å². The Morgan fingerprint density at radius 1 is 1.12 bits per heavy atom. The van der Waals surface area contributed by atoms with E-state index in [0.29, 0.717) is 13.0 Å². The fourth-order valence-electron chi connectivity index (χ4n) is 3.12. The number of hydrogen-bond donors (Lipinski definition) is 0. The van der Waals surface area contributed by atoms with Crippen LogP contribution in [0.15, 0.2) is 24.3 Å². The normalized spacial score (nSPS) is 15.2. The van der Waals surface area contributed by atoms with Gasteiger partial charge in [-0.1, -0.05) is 6.92 Å². The van der Waals surface area contributed by atoms with Crippen molar-refractivity contribution in [1.82, 2.24) is 9.80 Å². The van der Waals surface area contributed by atoms with E-state index in [9.17, 15) is 9.59 Å². The summed E-state index contributed by atoms with van der Waals surface area (Å²) in [4.78, 5) is 30.4. The number of nitrogens with zero attached hydrogens (tertiary/aromatic N) is 3. The van der Waals surface area contributed by atoms with Gasteiger partial charge in [0.05, 0.1) is 6.10 Å². The van der Waals surface area contributed by atoms with Crippen molar-refractivity contribution in [3.05, 3.63) is 24.3 Å². The Morgan fingerprint density at radius 3 is 2.23 bits per heavy atom. The average molecular weight is 361 g/mol. The minimum atomic E-state index is -0.0638. The number of rotatable bonds is 7. The molecule has 0 atom stereocenters. The van der Waals surface area contributed by atoms with Gasteiger partial charge in [0.1, 0.15) is 5.75 Å². The van der Waals surface area contributed by atoms with E-state index < -0.39 is 0 Å². The summed E-state index contributed by atoms with van der Waals surface area (Å²) in [5.41, 5.74) is 0.789. The lowest BCUT2D eigenvalue weighted by atomic mass is 10.2. The molecule has 6 heteroatoms. The topological polar surface area (TPSA) is 53.1 Å². The molecule has 1 aromatic carbocycles. The Morgan fingerprint density at radius 2 is 1.73 bits per heavy atom. The van der Waals surface area contributed by atoms with Gasteiger partial charge in [-0.2, -0.15) is 0 Å². The quantitative estimate of drug-likeness (QED) is 0.748. The molecule has 1 heterocycles. The fraction of sp³-hybridized carbons (Fsp3) is 0.600. The number of hydrogen-bond acceptors (Lipinski definition) is 4. The molecule has 26 heavy (non-hydrogen) atoms. The van der Waals surface area contributed by atoms with Crippen LogP contribution in [0.3, 0.4) is 0 Å². The highest BCUT2D eigenvalue weighted by atomic mass is 16.5. The Hall–Kier alpha value is -2.08. The van der Waals surface area contributed by atoms with Crippen LogP contribution in [0.1, 0.15) is 34.1 Å². The number of anilines is 1.